The van der Waals surface area contributed by atoms with Gasteiger partial charge in [0.05, 0.1) is 19.8 Å². The van der Waals surface area contributed by atoms with Crippen LogP contribution in [0.5, 0.6) is 0 Å². The van der Waals surface area contributed by atoms with Crippen LogP contribution in [0.4, 0.5) is 5.13 Å². The lowest BCUT2D eigenvalue weighted by Crippen LogP contribution is -2.30. The fourth-order valence-corrected chi connectivity index (χ4v) is 2.57. The Balaban J connectivity index is 2.43. The molecule has 1 aromatic heterocycles. The summed E-state index contributed by atoms with van der Waals surface area (Å²) in [6.45, 7) is 12.7. The van der Waals surface area contributed by atoms with Crippen molar-refractivity contribution >= 4 is 16.5 Å². The molecule has 0 spiro atoms. The second kappa shape index (κ2) is 11.9. The maximum Gasteiger partial charge on any atom is 0.205 e. The Labute approximate surface area is 131 Å². The Kier molecular flexibility index (Phi) is 10.3. The summed E-state index contributed by atoms with van der Waals surface area (Å²) in [5.74, 6) is 0. The number of anilines is 1. The molecule has 0 unspecified atom stereocenters. The zero-order chi connectivity index (χ0) is 15.3. The van der Waals surface area contributed by atoms with E-state index < -0.39 is 0 Å². The second-order valence-electron chi connectivity index (χ2n) is 4.60. The van der Waals surface area contributed by atoms with E-state index in [4.69, 9.17) is 9.47 Å². The van der Waals surface area contributed by atoms with Crippen LogP contribution in [0.2, 0.25) is 0 Å². The van der Waals surface area contributed by atoms with Crippen molar-refractivity contribution in [1.29, 1.82) is 0 Å². The highest BCUT2D eigenvalue weighted by Gasteiger charge is 2.10. The van der Waals surface area contributed by atoms with Gasteiger partial charge in [-0.3, -0.25) is 4.90 Å². The van der Waals surface area contributed by atoms with E-state index in [9.17, 15) is 0 Å². The molecule has 0 aliphatic heterocycles. The Bertz CT molecular complexity index is 352. The molecule has 0 bridgehead atoms. The van der Waals surface area contributed by atoms with E-state index in [2.05, 4.69) is 27.3 Å². The highest BCUT2D eigenvalue weighted by Crippen LogP contribution is 2.16. The van der Waals surface area contributed by atoms with Crippen LogP contribution in [0.3, 0.4) is 0 Å². The average molecular weight is 316 g/mol. The summed E-state index contributed by atoms with van der Waals surface area (Å²) in [6.07, 6.45) is 1.09. The number of hydrogen-bond donors (Lipinski definition) is 1. The topological polar surface area (TPSA) is 59.5 Å². The van der Waals surface area contributed by atoms with Crippen LogP contribution in [-0.4, -0.2) is 61.2 Å². The molecule has 7 heteroatoms. The number of hydrogen-bond acceptors (Lipinski definition) is 7. The van der Waals surface area contributed by atoms with Crippen molar-refractivity contribution in [2.45, 2.75) is 33.7 Å². The van der Waals surface area contributed by atoms with Gasteiger partial charge in [-0.25, -0.2) is 0 Å². The van der Waals surface area contributed by atoms with E-state index in [1.807, 2.05) is 13.8 Å². The van der Waals surface area contributed by atoms with E-state index in [0.29, 0.717) is 0 Å². The summed E-state index contributed by atoms with van der Waals surface area (Å²) in [7, 11) is 0. The molecule has 0 aliphatic rings. The molecule has 1 rings (SSSR count). The third kappa shape index (κ3) is 8.31. The van der Waals surface area contributed by atoms with E-state index in [0.717, 1.165) is 69.2 Å². The average Bonchev–Trinajstić information content (AvgIpc) is 2.93. The first kappa shape index (κ1) is 18.3. The van der Waals surface area contributed by atoms with Crippen LogP contribution < -0.4 is 5.32 Å². The van der Waals surface area contributed by atoms with Gasteiger partial charge in [0.25, 0.3) is 0 Å². The molecule has 0 aliphatic carbocycles. The van der Waals surface area contributed by atoms with Gasteiger partial charge in [0.15, 0.2) is 0 Å². The largest absolute Gasteiger partial charge is 0.380 e. The quantitative estimate of drug-likeness (QED) is 0.563. The van der Waals surface area contributed by atoms with Gasteiger partial charge >= 0.3 is 0 Å². The Morgan fingerprint density at radius 1 is 1.05 bits per heavy atom. The molecule has 0 radical (unpaired) electrons. The van der Waals surface area contributed by atoms with E-state index in [-0.39, 0.29) is 0 Å². The monoisotopic (exact) mass is 316 g/mol. The summed E-state index contributed by atoms with van der Waals surface area (Å²) >= 11 is 1.62. The molecular formula is C14H28N4O2S. The molecule has 6 nitrogen and oxygen atoms in total. The van der Waals surface area contributed by atoms with E-state index in [1.165, 1.54) is 0 Å². The Hall–Kier alpha value is -0.760. The molecule has 1 N–H and O–H groups in total. The molecule has 0 amide bonds. The molecule has 1 aromatic rings. The van der Waals surface area contributed by atoms with Crippen molar-refractivity contribution in [2.75, 3.05) is 51.4 Å². The zero-order valence-electron chi connectivity index (χ0n) is 13.4. The van der Waals surface area contributed by atoms with Crippen molar-refractivity contribution in [3.63, 3.8) is 0 Å². The molecule has 21 heavy (non-hydrogen) atoms. The lowest BCUT2D eigenvalue weighted by molar-refractivity contribution is 0.0796. The maximum atomic E-state index is 5.44. The van der Waals surface area contributed by atoms with Crippen molar-refractivity contribution in [1.82, 2.24) is 15.1 Å². The minimum absolute atomic E-state index is 0.738. The molecular weight excluding hydrogens is 288 g/mol. The normalized spacial score (nSPS) is 11.2. The zero-order valence-corrected chi connectivity index (χ0v) is 14.2. The Morgan fingerprint density at radius 2 is 1.71 bits per heavy atom. The predicted molar refractivity (Wildman–Crippen MR) is 87.0 cm³/mol. The minimum Gasteiger partial charge on any atom is -0.380 e. The number of nitrogens with one attached hydrogen (secondary N) is 1. The molecule has 0 saturated heterocycles. The first-order valence-corrected chi connectivity index (χ1v) is 8.55. The minimum atomic E-state index is 0.738. The summed E-state index contributed by atoms with van der Waals surface area (Å²) in [6, 6.07) is 0. The van der Waals surface area contributed by atoms with Crippen molar-refractivity contribution in [2.24, 2.45) is 0 Å². The van der Waals surface area contributed by atoms with Crippen LogP contribution in [0.15, 0.2) is 0 Å². The first-order valence-electron chi connectivity index (χ1n) is 7.74. The van der Waals surface area contributed by atoms with Crippen molar-refractivity contribution in [3.8, 4) is 0 Å². The SMILES string of the molecule is CCCNc1nnc(CN(CCOCC)CCOCC)s1. The molecule has 0 aromatic carbocycles. The van der Waals surface area contributed by atoms with Crippen LogP contribution in [0.1, 0.15) is 32.2 Å². The predicted octanol–water partition coefficient (Wildman–Crippen LogP) is 2.23. The highest BCUT2D eigenvalue weighted by molar-refractivity contribution is 7.15. The van der Waals surface area contributed by atoms with Crippen molar-refractivity contribution in [3.05, 3.63) is 5.01 Å². The smallest absolute Gasteiger partial charge is 0.205 e. The van der Waals surface area contributed by atoms with E-state index >= 15 is 0 Å². The van der Waals surface area contributed by atoms with Crippen LogP contribution >= 0.6 is 11.3 Å². The summed E-state index contributed by atoms with van der Waals surface area (Å²) in [5.41, 5.74) is 0. The van der Waals surface area contributed by atoms with Crippen molar-refractivity contribution < 1.29 is 9.47 Å². The number of rotatable bonds is 13. The van der Waals surface area contributed by atoms with Crippen LogP contribution in [0.25, 0.3) is 0 Å². The van der Waals surface area contributed by atoms with Gasteiger partial charge in [-0.1, -0.05) is 18.3 Å². The highest BCUT2D eigenvalue weighted by atomic mass is 32.1. The standard InChI is InChI=1S/C14H28N4O2S/c1-4-7-15-14-17-16-13(21-14)12-18(8-10-19-5-2)9-11-20-6-3/h4-12H2,1-3H3,(H,15,17). The van der Waals surface area contributed by atoms with Gasteiger partial charge in [-0.05, 0) is 20.3 Å². The fourth-order valence-electron chi connectivity index (χ4n) is 1.76. The fraction of sp³-hybridized carbons (Fsp3) is 0.857. The van der Waals surface area contributed by atoms with Gasteiger partial charge in [-0.15, -0.1) is 10.2 Å². The molecule has 0 saturated carbocycles. The second-order valence-corrected chi connectivity index (χ2v) is 5.66. The van der Waals surface area contributed by atoms with Gasteiger partial charge in [0.2, 0.25) is 5.13 Å². The summed E-state index contributed by atoms with van der Waals surface area (Å²) in [5, 5.41) is 13.6. The van der Waals surface area contributed by atoms with Gasteiger partial charge in [-0.2, -0.15) is 0 Å². The summed E-state index contributed by atoms with van der Waals surface area (Å²) in [4.78, 5) is 2.30. The number of nitrogens with zero attached hydrogens (tertiary/aromatic N) is 3. The van der Waals surface area contributed by atoms with Gasteiger partial charge < -0.3 is 14.8 Å². The first-order chi connectivity index (χ1) is 10.3. The maximum absolute atomic E-state index is 5.44. The lowest BCUT2D eigenvalue weighted by Gasteiger charge is -2.20. The third-order valence-corrected chi connectivity index (χ3v) is 3.73. The molecule has 0 atom stereocenters. The van der Waals surface area contributed by atoms with Gasteiger partial charge in [0.1, 0.15) is 5.01 Å². The summed E-state index contributed by atoms with van der Waals surface area (Å²) < 4.78 is 10.9. The van der Waals surface area contributed by atoms with E-state index in [1.54, 1.807) is 11.3 Å². The Morgan fingerprint density at radius 3 is 2.29 bits per heavy atom. The number of aromatic nitrogens is 2. The molecule has 1 heterocycles. The van der Waals surface area contributed by atoms with Crippen LogP contribution in [0, 0.1) is 0 Å². The third-order valence-electron chi connectivity index (χ3n) is 2.86. The number of ether oxygens (including phenoxy) is 2. The van der Waals surface area contributed by atoms with Crippen LogP contribution in [-0.2, 0) is 16.0 Å². The molecule has 122 valence electrons. The van der Waals surface area contributed by atoms with Gasteiger partial charge in [0, 0.05) is 32.8 Å². The lowest BCUT2D eigenvalue weighted by atomic mass is 10.4. The molecule has 0 fully saturated rings.